The van der Waals surface area contributed by atoms with Crippen LogP contribution in [0.3, 0.4) is 0 Å². The van der Waals surface area contributed by atoms with Crippen molar-refractivity contribution in [2.45, 2.75) is 26.7 Å². The molecule has 1 fully saturated rings. The molecule has 6 nitrogen and oxygen atoms in total. The number of nitrogens with zero attached hydrogens (tertiary/aromatic N) is 3. The second-order valence-corrected chi connectivity index (χ2v) is 7.07. The zero-order valence-corrected chi connectivity index (χ0v) is 15.1. The molecule has 0 unspecified atom stereocenters. The molecular weight excluding hydrogens is 318 g/mol. The van der Waals surface area contributed by atoms with E-state index >= 15 is 0 Å². The Morgan fingerprint density at radius 1 is 1.00 bits per heavy atom. The average Bonchev–Trinajstić information content (AvgIpc) is 2.63. The highest BCUT2D eigenvalue weighted by atomic mass is 16.2. The molecule has 25 heavy (non-hydrogen) atoms. The first-order valence-corrected chi connectivity index (χ1v) is 8.86. The number of aryl methyl sites for hydroxylation is 1. The lowest BCUT2D eigenvalue weighted by Crippen LogP contribution is -2.51. The Bertz CT molecular complexity index is 706. The molecule has 1 aromatic carbocycles. The third-order valence-corrected chi connectivity index (χ3v) is 5.04. The van der Waals surface area contributed by atoms with Crippen LogP contribution in [0.2, 0.25) is 0 Å². The lowest BCUT2D eigenvalue weighted by atomic mass is 9.98. The Morgan fingerprint density at radius 2 is 1.64 bits per heavy atom. The molecule has 0 aromatic heterocycles. The Morgan fingerprint density at radius 3 is 2.28 bits per heavy atom. The molecule has 0 aliphatic carbocycles. The molecule has 2 heterocycles. The summed E-state index contributed by atoms with van der Waals surface area (Å²) in [6.45, 7) is 6.10. The number of carbonyl (C=O) groups is 3. The quantitative estimate of drug-likeness (QED) is 0.818. The van der Waals surface area contributed by atoms with Crippen molar-refractivity contribution in [2.24, 2.45) is 5.92 Å². The Balaban J connectivity index is 1.69. The Labute approximate surface area is 148 Å². The second-order valence-electron chi connectivity index (χ2n) is 7.07. The number of anilines is 1. The Hall–Kier alpha value is -2.37. The van der Waals surface area contributed by atoms with Gasteiger partial charge in [0, 0.05) is 56.8 Å². The van der Waals surface area contributed by atoms with Crippen molar-refractivity contribution in [3.63, 3.8) is 0 Å². The van der Waals surface area contributed by atoms with Crippen molar-refractivity contribution in [1.82, 2.24) is 9.80 Å². The molecule has 0 saturated carbocycles. The van der Waals surface area contributed by atoms with Crippen LogP contribution >= 0.6 is 0 Å². The van der Waals surface area contributed by atoms with Crippen LogP contribution in [0.5, 0.6) is 0 Å². The summed E-state index contributed by atoms with van der Waals surface area (Å²) in [6.07, 6.45) is 1.16. The minimum atomic E-state index is -0.0115. The summed E-state index contributed by atoms with van der Waals surface area (Å²) in [5, 5.41) is 0. The van der Waals surface area contributed by atoms with Crippen molar-refractivity contribution >= 4 is 23.4 Å². The minimum Gasteiger partial charge on any atom is -0.339 e. The number of amides is 3. The molecule has 3 rings (SSSR count). The van der Waals surface area contributed by atoms with Gasteiger partial charge in [-0.05, 0) is 30.2 Å². The maximum absolute atomic E-state index is 12.8. The molecule has 2 aliphatic heterocycles. The maximum Gasteiger partial charge on any atom is 0.253 e. The van der Waals surface area contributed by atoms with Gasteiger partial charge in [0.1, 0.15) is 0 Å². The van der Waals surface area contributed by atoms with E-state index in [1.165, 1.54) is 0 Å². The topological polar surface area (TPSA) is 60.9 Å². The third kappa shape index (κ3) is 3.38. The summed E-state index contributed by atoms with van der Waals surface area (Å²) in [6, 6.07) is 5.56. The first kappa shape index (κ1) is 17.5. The van der Waals surface area contributed by atoms with E-state index in [2.05, 4.69) is 0 Å². The molecular formula is C19H25N3O3. The first-order valence-electron chi connectivity index (χ1n) is 8.86. The van der Waals surface area contributed by atoms with E-state index in [0.717, 1.165) is 11.3 Å². The fraction of sp³-hybridized carbons (Fsp3) is 0.526. The molecule has 1 saturated heterocycles. The summed E-state index contributed by atoms with van der Waals surface area (Å²) >= 11 is 0. The molecule has 6 heteroatoms. The highest BCUT2D eigenvalue weighted by Gasteiger charge is 2.27. The van der Waals surface area contributed by atoms with Gasteiger partial charge in [-0.25, -0.2) is 0 Å². The van der Waals surface area contributed by atoms with E-state index < -0.39 is 0 Å². The van der Waals surface area contributed by atoms with Crippen molar-refractivity contribution in [3.05, 3.63) is 29.3 Å². The zero-order valence-electron chi connectivity index (χ0n) is 15.1. The van der Waals surface area contributed by atoms with Crippen LogP contribution < -0.4 is 4.90 Å². The molecule has 0 spiro atoms. The number of hydrogen-bond donors (Lipinski definition) is 0. The molecule has 0 radical (unpaired) electrons. The largest absolute Gasteiger partial charge is 0.339 e. The first-order chi connectivity index (χ1) is 11.9. The maximum atomic E-state index is 12.8. The smallest absolute Gasteiger partial charge is 0.253 e. The third-order valence-electron chi connectivity index (χ3n) is 5.04. The normalized spacial score (nSPS) is 17.8. The van der Waals surface area contributed by atoms with Gasteiger partial charge < -0.3 is 14.7 Å². The molecule has 134 valence electrons. The van der Waals surface area contributed by atoms with Gasteiger partial charge in [0.05, 0.1) is 0 Å². The fourth-order valence-corrected chi connectivity index (χ4v) is 3.47. The van der Waals surface area contributed by atoms with Crippen LogP contribution in [-0.4, -0.2) is 60.7 Å². The molecule has 0 bridgehead atoms. The molecule has 2 aliphatic rings. The standard InChI is InChI=1S/C19H25N3O3/c1-13(2)18(24)21-8-10-22(11-9-21)19(25)15-4-6-16-14(12-15)5-7-17(23)20(16)3/h4,6,12-13H,5,7-11H2,1-3H3. The molecule has 0 atom stereocenters. The van der Waals surface area contributed by atoms with Crippen LogP contribution in [0, 0.1) is 5.92 Å². The van der Waals surface area contributed by atoms with Crippen LogP contribution in [0.15, 0.2) is 18.2 Å². The van der Waals surface area contributed by atoms with Crippen LogP contribution in [0.1, 0.15) is 36.2 Å². The predicted molar refractivity (Wildman–Crippen MR) is 95.5 cm³/mol. The highest BCUT2D eigenvalue weighted by molar-refractivity contribution is 5.99. The van der Waals surface area contributed by atoms with Crippen LogP contribution in [0.4, 0.5) is 5.69 Å². The van der Waals surface area contributed by atoms with E-state index in [-0.39, 0.29) is 23.6 Å². The van der Waals surface area contributed by atoms with Crippen molar-refractivity contribution in [2.75, 3.05) is 38.1 Å². The van der Waals surface area contributed by atoms with E-state index in [4.69, 9.17) is 0 Å². The van der Waals surface area contributed by atoms with Gasteiger partial charge in [0.2, 0.25) is 11.8 Å². The zero-order chi connectivity index (χ0) is 18.1. The van der Waals surface area contributed by atoms with E-state index in [9.17, 15) is 14.4 Å². The number of hydrogen-bond acceptors (Lipinski definition) is 3. The van der Waals surface area contributed by atoms with Gasteiger partial charge in [-0.15, -0.1) is 0 Å². The van der Waals surface area contributed by atoms with Crippen molar-refractivity contribution < 1.29 is 14.4 Å². The van der Waals surface area contributed by atoms with Gasteiger partial charge in [0.25, 0.3) is 5.91 Å². The van der Waals surface area contributed by atoms with Crippen LogP contribution in [0.25, 0.3) is 0 Å². The number of benzene rings is 1. The van der Waals surface area contributed by atoms with E-state index in [0.29, 0.717) is 44.6 Å². The second kappa shape index (κ2) is 6.86. The Kier molecular flexibility index (Phi) is 4.79. The SMILES string of the molecule is CC(C)C(=O)N1CCN(C(=O)c2ccc3c(c2)CCC(=O)N3C)CC1. The number of fused-ring (bicyclic) bond motifs is 1. The summed E-state index contributed by atoms with van der Waals surface area (Å²) in [7, 11) is 1.77. The summed E-state index contributed by atoms with van der Waals surface area (Å²) < 4.78 is 0. The lowest BCUT2D eigenvalue weighted by molar-refractivity contribution is -0.135. The number of piperazine rings is 1. The monoisotopic (exact) mass is 343 g/mol. The van der Waals surface area contributed by atoms with Gasteiger partial charge >= 0.3 is 0 Å². The van der Waals surface area contributed by atoms with Crippen molar-refractivity contribution in [1.29, 1.82) is 0 Å². The predicted octanol–water partition coefficient (Wildman–Crippen LogP) is 1.54. The highest BCUT2D eigenvalue weighted by Crippen LogP contribution is 2.28. The van der Waals surface area contributed by atoms with E-state index in [1.807, 2.05) is 35.8 Å². The summed E-state index contributed by atoms with van der Waals surface area (Å²) in [4.78, 5) is 41.9. The van der Waals surface area contributed by atoms with Gasteiger partial charge in [0.15, 0.2) is 0 Å². The summed E-state index contributed by atoms with van der Waals surface area (Å²) in [5.41, 5.74) is 2.59. The number of carbonyl (C=O) groups excluding carboxylic acids is 3. The lowest BCUT2D eigenvalue weighted by Gasteiger charge is -2.36. The van der Waals surface area contributed by atoms with Gasteiger partial charge in [-0.3, -0.25) is 14.4 Å². The molecule has 1 aromatic rings. The van der Waals surface area contributed by atoms with Gasteiger partial charge in [-0.2, -0.15) is 0 Å². The van der Waals surface area contributed by atoms with E-state index in [1.54, 1.807) is 18.0 Å². The minimum absolute atomic E-state index is 0.000927. The van der Waals surface area contributed by atoms with Crippen molar-refractivity contribution in [3.8, 4) is 0 Å². The fourth-order valence-electron chi connectivity index (χ4n) is 3.47. The van der Waals surface area contributed by atoms with Gasteiger partial charge in [-0.1, -0.05) is 13.8 Å². The average molecular weight is 343 g/mol. The molecule has 0 N–H and O–H groups in total. The number of rotatable bonds is 2. The van der Waals surface area contributed by atoms with Crippen LogP contribution in [-0.2, 0) is 16.0 Å². The summed E-state index contributed by atoms with van der Waals surface area (Å²) in [5.74, 6) is 0.243. The molecule has 3 amide bonds.